The Balaban J connectivity index is 1.37. The van der Waals surface area contributed by atoms with Gasteiger partial charge in [-0.2, -0.15) is 0 Å². The molecule has 0 unspecified atom stereocenters. The molecule has 0 aliphatic carbocycles. The minimum absolute atomic E-state index is 0.296. The van der Waals surface area contributed by atoms with Crippen molar-refractivity contribution in [3.8, 4) is 11.4 Å². The second-order valence-corrected chi connectivity index (χ2v) is 15.0. The minimum atomic E-state index is -0.296. The van der Waals surface area contributed by atoms with Crippen LogP contribution in [0.5, 0.6) is 0 Å². The van der Waals surface area contributed by atoms with Crippen LogP contribution in [0.4, 0.5) is 17.3 Å². The molecule has 10 aromatic rings. The third kappa shape index (κ3) is 3.87. The summed E-state index contributed by atoms with van der Waals surface area (Å²) >= 11 is 1.86. The van der Waals surface area contributed by atoms with Gasteiger partial charge < -0.3 is 0 Å². The summed E-state index contributed by atoms with van der Waals surface area (Å²) in [4.78, 5) is 18.5. The molecule has 240 valence electrons. The van der Waals surface area contributed by atoms with E-state index in [-0.39, 0.29) is 5.41 Å². The van der Waals surface area contributed by atoms with Gasteiger partial charge in [-0.25, -0.2) is 9.97 Å². The Morgan fingerprint density at radius 3 is 1.92 bits per heavy atom. The fourth-order valence-electron chi connectivity index (χ4n) is 8.69. The van der Waals surface area contributed by atoms with Crippen LogP contribution in [0.2, 0.25) is 0 Å². The first-order chi connectivity index (χ1) is 25.1. The van der Waals surface area contributed by atoms with Gasteiger partial charge in [0.15, 0.2) is 0 Å². The molecule has 0 saturated carbocycles. The lowest BCUT2D eigenvalue weighted by molar-refractivity contribution is 0.638. The van der Waals surface area contributed by atoms with Crippen molar-refractivity contribution in [3.63, 3.8) is 0 Å². The molecule has 0 N–H and O–H groups in total. The number of hydrogen-bond donors (Lipinski definition) is 0. The Bertz CT molecular complexity index is 3070. The number of rotatable bonds is 2. The van der Waals surface area contributed by atoms with Gasteiger partial charge in [-0.05, 0) is 62.3 Å². The maximum atomic E-state index is 5.64. The van der Waals surface area contributed by atoms with Crippen LogP contribution in [0.1, 0.15) is 25.0 Å². The Morgan fingerprint density at radius 1 is 0.549 bits per heavy atom. The highest BCUT2D eigenvalue weighted by Gasteiger charge is 2.41. The summed E-state index contributed by atoms with van der Waals surface area (Å²) in [5.74, 6) is 0.641. The summed E-state index contributed by atoms with van der Waals surface area (Å²) in [5.41, 5.74) is 7.07. The average molecular weight is 671 g/mol. The lowest BCUT2D eigenvalue weighted by Crippen LogP contribution is -2.32. The summed E-state index contributed by atoms with van der Waals surface area (Å²) in [6, 6.07) is 49.9. The Labute approximate surface area is 298 Å². The van der Waals surface area contributed by atoms with Crippen molar-refractivity contribution >= 4 is 92.1 Å². The lowest BCUT2D eigenvalue weighted by atomic mass is 9.71. The van der Waals surface area contributed by atoms with Crippen LogP contribution >= 0.6 is 11.3 Å². The fourth-order valence-corrected chi connectivity index (χ4v) is 9.95. The zero-order valence-corrected chi connectivity index (χ0v) is 28.9. The summed E-state index contributed by atoms with van der Waals surface area (Å²) in [5, 5.41) is 10.7. The Kier molecular flexibility index (Phi) is 5.85. The van der Waals surface area contributed by atoms with E-state index in [1.165, 1.54) is 52.8 Å². The van der Waals surface area contributed by atoms with Crippen molar-refractivity contribution in [2.75, 3.05) is 4.90 Å². The molecule has 4 heterocycles. The second-order valence-electron chi connectivity index (χ2n) is 14.0. The van der Waals surface area contributed by atoms with Crippen LogP contribution < -0.4 is 4.90 Å². The number of thiophene rings is 1. The summed E-state index contributed by atoms with van der Waals surface area (Å²) in [7, 11) is 0. The lowest BCUT2D eigenvalue weighted by Gasteiger charge is -2.42. The molecule has 3 aromatic heterocycles. The van der Waals surface area contributed by atoms with Crippen LogP contribution in [-0.4, -0.2) is 15.0 Å². The minimum Gasteiger partial charge on any atom is -0.277 e. The van der Waals surface area contributed by atoms with E-state index in [0.29, 0.717) is 5.95 Å². The number of benzene rings is 7. The molecule has 1 aliphatic rings. The molecule has 0 bridgehead atoms. The highest BCUT2D eigenvalue weighted by atomic mass is 32.1. The molecule has 1 aliphatic heterocycles. The summed E-state index contributed by atoms with van der Waals surface area (Å²) < 4.78 is 2.52. The predicted octanol–water partition coefficient (Wildman–Crippen LogP) is 12.6. The molecule has 11 rings (SSSR count). The van der Waals surface area contributed by atoms with Gasteiger partial charge in [-0.1, -0.05) is 129 Å². The number of para-hydroxylation sites is 1. The Morgan fingerprint density at radius 2 is 1.16 bits per heavy atom. The highest BCUT2D eigenvalue weighted by molar-refractivity contribution is 7.26. The standard InChI is InChI=1S/C46H30N4S/c1-46(2)34-22-10-11-24-36(34)50(43-40(46)31-19-7-6-18-30(31)38-33-21-9-12-25-37(33)51-44(38)43)45-48-41-32-20-8-4-16-28(32)27-15-3-5-17-29(27)39(41)42(49-45)35-23-13-14-26-47-35/h3-26H,1-2H3. The number of hydrogen-bond acceptors (Lipinski definition) is 5. The largest absolute Gasteiger partial charge is 0.277 e. The molecule has 5 heteroatoms. The van der Waals surface area contributed by atoms with E-state index in [0.717, 1.165) is 44.4 Å². The van der Waals surface area contributed by atoms with Gasteiger partial charge in [0.05, 0.1) is 27.3 Å². The predicted molar refractivity (Wildman–Crippen MR) is 215 cm³/mol. The van der Waals surface area contributed by atoms with Crippen LogP contribution in [0.15, 0.2) is 146 Å². The van der Waals surface area contributed by atoms with E-state index >= 15 is 0 Å². The maximum Gasteiger partial charge on any atom is 0.235 e. The molecular weight excluding hydrogens is 641 g/mol. The highest BCUT2D eigenvalue weighted by Crippen LogP contribution is 2.58. The van der Waals surface area contributed by atoms with E-state index < -0.39 is 0 Å². The maximum absolute atomic E-state index is 5.64. The quantitative estimate of drug-likeness (QED) is 0.172. The van der Waals surface area contributed by atoms with Crippen molar-refractivity contribution in [2.45, 2.75) is 19.3 Å². The Hall–Kier alpha value is -6.17. The van der Waals surface area contributed by atoms with E-state index in [4.69, 9.17) is 15.0 Å². The third-order valence-corrected chi connectivity index (χ3v) is 12.0. The van der Waals surface area contributed by atoms with Gasteiger partial charge in [-0.15, -0.1) is 11.3 Å². The van der Waals surface area contributed by atoms with Gasteiger partial charge in [0.25, 0.3) is 0 Å². The van der Waals surface area contributed by atoms with Crippen molar-refractivity contribution in [2.24, 2.45) is 0 Å². The summed E-state index contributed by atoms with van der Waals surface area (Å²) in [6.45, 7) is 4.74. The first-order valence-corrected chi connectivity index (χ1v) is 18.2. The van der Waals surface area contributed by atoms with Gasteiger partial charge in [-0.3, -0.25) is 9.88 Å². The fraction of sp³-hybridized carbons (Fsp3) is 0.0652. The van der Waals surface area contributed by atoms with Crippen molar-refractivity contribution in [1.29, 1.82) is 0 Å². The van der Waals surface area contributed by atoms with Gasteiger partial charge in [0.2, 0.25) is 5.95 Å². The number of nitrogens with zero attached hydrogens (tertiary/aromatic N) is 4. The molecule has 0 atom stereocenters. The molecule has 0 radical (unpaired) electrons. The van der Waals surface area contributed by atoms with Crippen LogP contribution in [0.25, 0.3) is 74.8 Å². The van der Waals surface area contributed by atoms with Crippen molar-refractivity contribution in [3.05, 3.63) is 157 Å². The first kappa shape index (κ1) is 28.6. The molecule has 0 fully saturated rings. The number of anilines is 3. The van der Waals surface area contributed by atoms with Crippen LogP contribution in [-0.2, 0) is 5.41 Å². The topological polar surface area (TPSA) is 41.9 Å². The van der Waals surface area contributed by atoms with Crippen LogP contribution in [0, 0.1) is 0 Å². The molecule has 7 aromatic carbocycles. The van der Waals surface area contributed by atoms with Gasteiger partial charge in [0.1, 0.15) is 5.69 Å². The molecule has 0 amide bonds. The smallest absolute Gasteiger partial charge is 0.235 e. The molecule has 51 heavy (non-hydrogen) atoms. The van der Waals surface area contributed by atoms with E-state index in [1.807, 2.05) is 29.7 Å². The monoisotopic (exact) mass is 670 g/mol. The van der Waals surface area contributed by atoms with E-state index in [9.17, 15) is 0 Å². The van der Waals surface area contributed by atoms with Crippen molar-refractivity contribution < 1.29 is 0 Å². The zero-order chi connectivity index (χ0) is 33.8. The second kappa shape index (κ2) is 10.4. The SMILES string of the molecule is CC1(C)c2ccccc2N(c2nc(-c3ccccn3)c3c4ccccc4c4ccccc4c3n2)c2c1c1ccccc1c1c2sc2ccccc21. The molecule has 0 spiro atoms. The van der Waals surface area contributed by atoms with E-state index in [2.05, 4.69) is 146 Å². The number of aromatic nitrogens is 3. The molecule has 4 nitrogen and oxygen atoms in total. The molecule has 0 saturated heterocycles. The first-order valence-electron chi connectivity index (χ1n) is 17.4. The number of fused-ring (bicyclic) bond motifs is 15. The summed E-state index contributed by atoms with van der Waals surface area (Å²) in [6.07, 6.45) is 1.85. The van der Waals surface area contributed by atoms with Crippen molar-refractivity contribution in [1.82, 2.24) is 15.0 Å². The number of pyridine rings is 1. The molecular formula is C46H30N4S. The van der Waals surface area contributed by atoms with Gasteiger partial charge in [0, 0.05) is 37.9 Å². The third-order valence-electron chi connectivity index (χ3n) is 10.9. The average Bonchev–Trinajstić information content (AvgIpc) is 3.58. The van der Waals surface area contributed by atoms with Crippen LogP contribution in [0.3, 0.4) is 0 Å². The van der Waals surface area contributed by atoms with Gasteiger partial charge >= 0.3 is 0 Å². The zero-order valence-electron chi connectivity index (χ0n) is 28.1. The normalized spacial score (nSPS) is 13.8. The van der Waals surface area contributed by atoms with E-state index in [1.54, 1.807) is 0 Å².